The zero-order valence-electron chi connectivity index (χ0n) is 17.7. The predicted octanol–water partition coefficient (Wildman–Crippen LogP) is 4.13. The summed E-state index contributed by atoms with van der Waals surface area (Å²) < 4.78 is 5.59. The molecule has 0 aliphatic carbocycles. The lowest BCUT2D eigenvalue weighted by molar-refractivity contribution is -0.123. The van der Waals surface area contributed by atoms with Crippen molar-refractivity contribution >= 4 is 11.8 Å². The molecule has 5 heteroatoms. The van der Waals surface area contributed by atoms with Crippen LogP contribution in [-0.2, 0) is 17.8 Å². The number of hydrogen-bond donors (Lipinski definition) is 2. The quantitative estimate of drug-likeness (QED) is 0.522. The molecular formula is C26H28N2O3. The molecule has 0 bridgehead atoms. The second-order valence-corrected chi connectivity index (χ2v) is 7.48. The highest BCUT2D eigenvalue weighted by Crippen LogP contribution is 2.13. The van der Waals surface area contributed by atoms with E-state index < -0.39 is 0 Å². The molecule has 3 rings (SSSR count). The maximum absolute atomic E-state index is 12.4. The van der Waals surface area contributed by atoms with Gasteiger partial charge in [0.25, 0.3) is 11.8 Å². The van der Waals surface area contributed by atoms with Crippen LogP contribution in [0.5, 0.6) is 5.75 Å². The van der Waals surface area contributed by atoms with Crippen molar-refractivity contribution in [2.45, 2.75) is 32.4 Å². The second-order valence-electron chi connectivity index (χ2n) is 7.48. The molecule has 0 radical (unpaired) electrons. The van der Waals surface area contributed by atoms with Crippen LogP contribution < -0.4 is 15.4 Å². The van der Waals surface area contributed by atoms with Crippen LogP contribution in [0.1, 0.15) is 34.8 Å². The van der Waals surface area contributed by atoms with Crippen molar-refractivity contribution in [3.63, 3.8) is 0 Å². The van der Waals surface area contributed by atoms with Gasteiger partial charge in [0.1, 0.15) is 5.75 Å². The topological polar surface area (TPSA) is 67.4 Å². The monoisotopic (exact) mass is 416 g/mol. The number of aryl methyl sites for hydroxylation is 1. The van der Waals surface area contributed by atoms with E-state index in [4.69, 9.17) is 4.74 Å². The summed E-state index contributed by atoms with van der Waals surface area (Å²) in [6.07, 6.45) is 1.76. The fraction of sp³-hybridized carbons (Fsp3) is 0.231. The zero-order valence-corrected chi connectivity index (χ0v) is 17.7. The Bertz CT molecular complexity index is 974. The molecule has 0 aromatic heterocycles. The molecule has 160 valence electrons. The maximum atomic E-state index is 12.4. The van der Waals surface area contributed by atoms with E-state index in [2.05, 4.69) is 22.8 Å². The summed E-state index contributed by atoms with van der Waals surface area (Å²) in [6.45, 7) is 2.34. The first-order valence-electron chi connectivity index (χ1n) is 10.5. The van der Waals surface area contributed by atoms with Crippen LogP contribution in [-0.4, -0.2) is 24.5 Å². The lowest BCUT2D eigenvalue weighted by atomic mass is 10.1. The Morgan fingerprint density at radius 1 is 0.871 bits per heavy atom. The Kier molecular flexibility index (Phi) is 8.23. The van der Waals surface area contributed by atoms with Crippen molar-refractivity contribution in [3.8, 4) is 5.75 Å². The van der Waals surface area contributed by atoms with Crippen molar-refractivity contribution < 1.29 is 14.3 Å². The van der Waals surface area contributed by atoms with Gasteiger partial charge in [0.15, 0.2) is 6.61 Å². The Morgan fingerprint density at radius 2 is 1.55 bits per heavy atom. The molecule has 0 spiro atoms. The van der Waals surface area contributed by atoms with Gasteiger partial charge in [-0.05, 0) is 49.1 Å². The minimum atomic E-state index is -0.187. The maximum Gasteiger partial charge on any atom is 0.258 e. The smallest absolute Gasteiger partial charge is 0.258 e. The fourth-order valence-corrected chi connectivity index (χ4v) is 3.17. The molecule has 3 aromatic carbocycles. The Morgan fingerprint density at radius 3 is 2.26 bits per heavy atom. The lowest BCUT2D eigenvalue weighted by Crippen LogP contribution is -2.36. The fourth-order valence-electron chi connectivity index (χ4n) is 3.17. The van der Waals surface area contributed by atoms with Crippen LogP contribution in [0.4, 0.5) is 0 Å². The van der Waals surface area contributed by atoms with Gasteiger partial charge in [0.2, 0.25) is 0 Å². The van der Waals surface area contributed by atoms with Gasteiger partial charge in [-0.15, -0.1) is 0 Å². The van der Waals surface area contributed by atoms with Gasteiger partial charge >= 0.3 is 0 Å². The van der Waals surface area contributed by atoms with E-state index in [9.17, 15) is 9.59 Å². The molecule has 2 N–H and O–H groups in total. The first kappa shape index (κ1) is 22.1. The van der Waals surface area contributed by atoms with Crippen LogP contribution in [0.2, 0.25) is 0 Å². The first-order valence-corrected chi connectivity index (χ1v) is 10.5. The van der Waals surface area contributed by atoms with Crippen LogP contribution >= 0.6 is 0 Å². The van der Waals surface area contributed by atoms with Crippen molar-refractivity contribution in [2.75, 3.05) is 6.61 Å². The van der Waals surface area contributed by atoms with Crippen LogP contribution in [0.15, 0.2) is 84.9 Å². The van der Waals surface area contributed by atoms with Gasteiger partial charge in [-0.25, -0.2) is 0 Å². The van der Waals surface area contributed by atoms with Gasteiger partial charge in [-0.2, -0.15) is 0 Å². The first-order chi connectivity index (χ1) is 15.1. The molecule has 0 aliphatic rings. The molecule has 0 heterocycles. The highest BCUT2D eigenvalue weighted by Gasteiger charge is 2.10. The Hall–Kier alpha value is -3.60. The number of carbonyl (C=O) groups excluding carboxylic acids is 2. The van der Waals surface area contributed by atoms with E-state index in [1.807, 2.05) is 55.5 Å². The van der Waals surface area contributed by atoms with E-state index in [0.29, 0.717) is 17.9 Å². The number of nitrogens with one attached hydrogen (secondary N) is 2. The summed E-state index contributed by atoms with van der Waals surface area (Å²) in [5.41, 5.74) is 2.77. The van der Waals surface area contributed by atoms with Crippen molar-refractivity contribution in [2.24, 2.45) is 0 Å². The molecule has 0 saturated carbocycles. The van der Waals surface area contributed by atoms with E-state index in [-0.39, 0.29) is 24.5 Å². The largest absolute Gasteiger partial charge is 0.484 e. The Labute approximate surface area is 183 Å². The number of hydrogen-bond acceptors (Lipinski definition) is 3. The SMILES string of the molecule is CC(CCc1ccccc1)NC(=O)COc1cccc(C(=O)NCc2ccccc2)c1. The van der Waals surface area contributed by atoms with Crippen LogP contribution in [0, 0.1) is 0 Å². The molecule has 1 atom stereocenters. The average Bonchev–Trinajstić information content (AvgIpc) is 2.81. The average molecular weight is 417 g/mol. The summed E-state index contributed by atoms with van der Waals surface area (Å²) in [5, 5.41) is 5.84. The molecule has 0 saturated heterocycles. The lowest BCUT2D eigenvalue weighted by Gasteiger charge is -2.14. The van der Waals surface area contributed by atoms with E-state index in [1.54, 1.807) is 24.3 Å². The number of carbonyl (C=O) groups is 2. The van der Waals surface area contributed by atoms with E-state index >= 15 is 0 Å². The third-order valence-electron chi connectivity index (χ3n) is 4.88. The summed E-state index contributed by atoms with van der Waals surface area (Å²) in [7, 11) is 0. The van der Waals surface area contributed by atoms with E-state index in [1.165, 1.54) is 5.56 Å². The number of amides is 2. The standard InChI is InChI=1S/C26H28N2O3/c1-20(15-16-21-9-4-2-5-10-21)28-25(29)19-31-24-14-8-13-23(17-24)26(30)27-18-22-11-6-3-7-12-22/h2-14,17,20H,15-16,18-19H2,1H3,(H,27,30)(H,28,29). The molecule has 2 amide bonds. The summed E-state index contributed by atoms with van der Waals surface area (Å²) in [5.74, 6) is 0.118. The molecule has 0 fully saturated rings. The van der Waals surface area contributed by atoms with E-state index in [0.717, 1.165) is 18.4 Å². The normalized spacial score (nSPS) is 11.4. The van der Waals surface area contributed by atoms with Gasteiger partial charge < -0.3 is 15.4 Å². The molecule has 3 aromatic rings. The summed E-state index contributed by atoms with van der Waals surface area (Å²) in [6, 6.07) is 26.8. The summed E-state index contributed by atoms with van der Waals surface area (Å²) in [4.78, 5) is 24.6. The molecular weight excluding hydrogens is 388 g/mol. The molecule has 31 heavy (non-hydrogen) atoms. The van der Waals surface area contributed by atoms with Crippen molar-refractivity contribution in [1.29, 1.82) is 0 Å². The third-order valence-corrected chi connectivity index (χ3v) is 4.88. The highest BCUT2D eigenvalue weighted by atomic mass is 16.5. The number of ether oxygens (including phenoxy) is 1. The van der Waals surface area contributed by atoms with Crippen molar-refractivity contribution in [3.05, 3.63) is 102 Å². The van der Waals surface area contributed by atoms with Crippen LogP contribution in [0.3, 0.4) is 0 Å². The number of benzene rings is 3. The highest BCUT2D eigenvalue weighted by molar-refractivity contribution is 5.94. The third kappa shape index (κ3) is 7.63. The van der Waals surface area contributed by atoms with Crippen LogP contribution in [0.25, 0.3) is 0 Å². The van der Waals surface area contributed by atoms with Gasteiger partial charge in [0.05, 0.1) is 0 Å². The minimum absolute atomic E-state index is 0.0476. The van der Waals surface area contributed by atoms with Gasteiger partial charge in [-0.3, -0.25) is 9.59 Å². The van der Waals surface area contributed by atoms with Crippen molar-refractivity contribution in [1.82, 2.24) is 10.6 Å². The zero-order chi connectivity index (χ0) is 21.9. The minimum Gasteiger partial charge on any atom is -0.484 e. The molecule has 1 unspecified atom stereocenters. The summed E-state index contributed by atoms with van der Waals surface area (Å²) >= 11 is 0. The second kappa shape index (κ2) is 11.6. The molecule has 5 nitrogen and oxygen atoms in total. The predicted molar refractivity (Wildman–Crippen MR) is 122 cm³/mol. The molecule has 0 aliphatic heterocycles. The van der Waals surface area contributed by atoms with Gasteiger partial charge in [0, 0.05) is 18.2 Å². The Balaban J connectivity index is 1.42. The number of rotatable bonds is 10. The van der Waals surface area contributed by atoms with Gasteiger partial charge in [-0.1, -0.05) is 66.7 Å².